The molecule has 0 aliphatic carbocycles. The molecule has 1 heterocycles. The summed E-state index contributed by atoms with van der Waals surface area (Å²) in [4.78, 5) is 25.8. The summed E-state index contributed by atoms with van der Waals surface area (Å²) in [5, 5.41) is 2.61. The van der Waals surface area contributed by atoms with Gasteiger partial charge in [-0.05, 0) is 56.8 Å². The number of nitrogens with one attached hydrogen (secondary N) is 1. The Morgan fingerprint density at radius 3 is 2.42 bits per heavy atom. The van der Waals surface area contributed by atoms with Crippen LogP contribution >= 0.6 is 12.2 Å². The van der Waals surface area contributed by atoms with Crippen LogP contribution in [-0.4, -0.2) is 34.0 Å². The van der Waals surface area contributed by atoms with Crippen molar-refractivity contribution in [3.8, 4) is 5.75 Å². The molecule has 2 amide bonds. The molecule has 1 aromatic rings. The molecule has 0 spiro atoms. The zero-order valence-corrected chi connectivity index (χ0v) is 14.8. The first kappa shape index (κ1) is 17.9. The summed E-state index contributed by atoms with van der Waals surface area (Å²) in [6.07, 6.45) is 3.09. The average Bonchev–Trinajstić information content (AvgIpc) is 2.48. The third-order valence-corrected chi connectivity index (χ3v) is 3.44. The third kappa shape index (κ3) is 4.29. The minimum atomic E-state index is -0.500. The number of carbonyl (C=O) groups excluding carboxylic acids is 2. The first-order valence-corrected chi connectivity index (χ1v) is 7.91. The van der Waals surface area contributed by atoms with Gasteiger partial charge in [-0.2, -0.15) is 0 Å². The number of amides is 2. The molecule has 1 saturated heterocycles. The standard InChI is InChI=1S/C18H20N2O3S/c1-5-10-20-16(22)14(15(21)19-17(20)24)11-12-6-8-13(9-7-12)23-18(2,3)4/h5-9,11H,1,10H2,2-4H3,(H,19,21,24)/b14-11+. The first-order chi connectivity index (χ1) is 11.2. The van der Waals surface area contributed by atoms with Gasteiger partial charge in [0.2, 0.25) is 0 Å². The Kier molecular flexibility index (Phi) is 5.19. The Morgan fingerprint density at radius 2 is 1.88 bits per heavy atom. The van der Waals surface area contributed by atoms with Gasteiger partial charge in [0, 0.05) is 6.54 Å². The minimum absolute atomic E-state index is 0.0370. The van der Waals surface area contributed by atoms with Crippen molar-refractivity contribution in [2.24, 2.45) is 0 Å². The lowest BCUT2D eigenvalue weighted by atomic mass is 10.1. The second-order valence-corrected chi connectivity index (χ2v) is 6.69. The SMILES string of the molecule is C=CCN1C(=O)/C(=C/c2ccc(OC(C)(C)C)cc2)C(=O)NC1=S. The monoisotopic (exact) mass is 344 g/mol. The van der Waals surface area contributed by atoms with E-state index in [4.69, 9.17) is 17.0 Å². The molecule has 5 nitrogen and oxygen atoms in total. The van der Waals surface area contributed by atoms with Crippen molar-refractivity contribution >= 4 is 35.2 Å². The van der Waals surface area contributed by atoms with Gasteiger partial charge in [0.15, 0.2) is 5.11 Å². The van der Waals surface area contributed by atoms with Crippen LogP contribution in [0, 0.1) is 0 Å². The summed E-state index contributed by atoms with van der Waals surface area (Å²) in [6.45, 7) is 9.72. The van der Waals surface area contributed by atoms with Crippen molar-refractivity contribution in [1.82, 2.24) is 10.2 Å². The van der Waals surface area contributed by atoms with Crippen LogP contribution in [0.15, 0.2) is 42.5 Å². The lowest BCUT2D eigenvalue weighted by Gasteiger charge is -2.27. The fourth-order valence-corrected chi connectivity index (χ4v) is 2.39. The number of hydrogen-bond donors (Lipinski definition) is 1. The number of nitrogens with zero attached hydrogens (tertiary/aromatic N) is 1. The van der Waals surface area contributed by atoms with Gasteiger partial charge in [0.25, 0.3) is 11.8 Å². The molecule has 0 aromatic heterocycles. The van der Waals surface area contributed by atoms with Gasteiger partial charge in [0.05, 0.1) is 0 Å². The Balaban J connectivity index is 2.25. The third-order valence-electron chi connectivity index (χ3n) is 3.11. The number of carbonyl (C=O) groups is 2. The van der Waals surface area contributed by atoms with E-state index in [1.54, 1.807) is 30.3 Å². The number of rotatable bonds is 4. The number of ether oxygens (including phenoxy) is 1. The average molecular weight is 344 g/mol. The fourth-order valence-electron chi connectivity index (χ4n) is 2.14. The highest BCUT2D eigenvalue weighted by molar-refractivity contribution is 7.80. The summed E-state index contributed by atoms with van der Waals surface area (Å²) in [5.41, 5.74) is 0.469. The molecule has 6 heteroatoms. The molecule has 1 aromatic carbocycles. The molecule has 1 aliphatic heterocycles. The summed E-state index contributed by atoms with van der Waals surface area (Å²) in [7, 11) is 0. The van der Waals surface area contributed by atoms with Gasteiger partial charge in [0.1, 0.15) is 16.9 Å². The maximum absolute atomic E-state index is 12.4. The molecule has 1 N–H and O–H groups in total. The molecular weight excluding hydrogens is 324 g/mol. The summed E-state index contributed by atoms with van der Waals surface area (Å²) >= 11 is 5.01. The van der Waals surface area contributed by atoms with Crippen molar-refractivity contribution in [3.05, 3.63) is 48.1 Å². The molecule has 0 atom stereocenters. The Labute approximate surface area is 147 Å². The molecular formula is C18H20N2O3S. The predicted octanol–water partition coefficient (Wildman–Crippen LogP) is 2.68. The Morgan fingerprint density at radius 1 is 1.25 bits per heavy atom. The van der Waals surface area contributed by atoms with E-state index in [1.165, 1.54) is 11.0 Å². The quantitative estimate of drug-likeness (QED) is 0.395. The van der Waals surface area contributed by atoms with Gasteiger partial charge in [-0.3, -0.25) is 19.8 Å². The first-order valence-electron chi connectivity index (χ1n) is 7.50. The lowest BCUT2D eigenvalue weighted by molar-refractivity contribution is -0.128. The minimum Gasteiger partial charge on any atom is -0.488 e. The highest BCUT2D eigenvalue weighted by atomic mass is 32.1. The zero-order chi connectivity index (χ0) is 17.9. The molecule has 1 aliphatic rings. The van der Waals surface area contributed by atoms with E-state index in [9.17, 15) is 9.59 Å². The molecule has 0 saturated carbocycles. The zero-order valence-electron chi connectivity index (χ0n) is 14.0. The van der Waals surface area contributed by atoms with Crippen molar-refractivity contribution in [1.29, 1.82) is 0 Å². The van der Waals surface area contributed by atoms with E-state index in [1.807, 2.05) is 20.8 Å². The molecule has 126 valence electrons. The summed E-state index contributed by atoms with van der Waals surface area (Å²) < 4.78 is 5.75. The normalized spacial score (nSPS) is 17.0. The van der Waals surface area contributed by atoms with Crippen molar-refractivity contribution in [3.63, 3.8) is 0 Å². The largest absolute Gasteiger partial charge is 0.488 e. The number of hydrogen-bond acceptors (Lipinski definition) is 4. The molecule has 0 bridgehead atoms. The van der Waals surface area contributed by atoms with E-state index in [-0.39, 0.29) is 22.8 Å². The summed E-state index contributed by atoms with van der Waals surface area (Å²) in [6, 6.07) is 7.18. The second-order valence-electron chi connectivity index (χ2n) is 6.31. The number of benzene rings is 1. The Hall–Kier alpha value is -2.47. The molecule has 2 rings (SSSR count). The topological polar surface area (TPSA) is 58.6 Å². The van der Waals surface area contributed by atoms with Crippen LogP contribution in [0.1, 0.15) is 26.3 Å². The van der Waals surface area contributed by atoms with E-state index in [2.05, 4.69) is 11.9 Å². The Bertz CT molecular complexity index is 715. The maximum atomic E-state index is 12.4. The van der Waals surface area contributed by atoms with Crippen LogP contribution in [0.4, 0.5) is 0 Å². The smallest absolute Gasteiger partial charge is 0.265 e. The highest BCUT2D eigenvalue weighted by Crippen LogP contribution is 2.20. The maximum Gasteiger partial charge on any atom is 0.265 e. The number of thiocarbonyl (C=S) groups is 1. The van der Waals surface area contributed by atoms with Crippen molar-refractivity contribution in [2.45, 2.75) is 26.4 Å². The van der Waals surface area contributed by atoms with E-state index >= 15 is 0 Å². The van der Waals surface area contributed by atoms with E-state index < -0.39 is 11.8 Å². The van der Waals surface area contributed by atoms with Gasteiger partial charge >= 0.3 is 0 Å². The van der Waals surface area contributed by atoms with Crippen LogP contribution in [0.2, 0.25) is 0 Å². The van der Waals surface area contributed by atoms with E-state index in [0.717, 1.165) is 11.3 Å². The van der Waals surface area contributed by atoms with Crippen LogP contribution in [0.5, 0.6) is 5.75 Å². The van der Waals surface area contributed by atoms with E-state index in [0.29, 0.717) is 0 Å². The van der Waals surface area contributed by atoms with Crippen LogP contribution in [-0.2, 0) is 9.59 Å². The van der Waals surface area contributed by atoms with Gasteiger partial charge in [-0.25, -0.2) is 0 Å². The molecule has 0 unspecified atom stereocenters. The summed E-state index contributed by atoms with van der Waals surface area (Å²) in [5.74, 6) is -0.211. The van der Waals surface area contributed by atoms with Gasteiger partial charge in [-0.15, -0.1) is 6.58 Å². The highest BCUT2D eigenvalue weighted by Gasteiger charge is 2.32. The van der Waals surface area contributed by atoms with Crippen LogP contribution < -0.4 is 10.1 Å². The van der Waals surface area contributed by atoms with Gasteiger partial charge in [-0.1, -0.05) is 18.2 Å². The van der Waals surface area contributed by atoms with Gasteiger partial charge < -0.3 is 4.74 Å². The predicted molar refractivity (Wildman–Crippen MR) is 97.5 cm³/mol. The van der Waals surface area contributed by atoms with Crippen molar-refractivity contribution < 1.29 is 14.3 Å². The second kappa shape index (κ2) is 6.97. The van der Waals surface area contributed by atoms with Crippen LogP contribution in [0.25, 0.3) is 6.08 Å². The van der Waals surface area contributed by atoms with Crippen molar-refractivity contribution in [2.75, 3.05) is 6.54 Å². The molecule has 1 fully saturated rings. The van der Waals surface area contributed by atoms with Crippen LogP contribution in [0.3, 0.4) is 0 Å². The molecule has 0 radical (unpaired) electrons. The fraction of sp³-hybridized carbons (Fsp3) is 0.278. The molecule has 24 heavy (non-hydrogen) atoms. The lowest BCUT2D eigenvalue weighted by Crippen LogP contribution is -2.53.